The highest BCUT2D eigenvalue weighted by molar-refractivity contribution is 5.78. The van der Waals surface area contributed by atoms with Crippen LogP contribution in [-0.2, 0) is 11.3 Å². The highest BCUT2D eigenvalue weighted by Crippen LogP contribution is 2.28. The molecule has 0 aliphatic heterocycles. The minimum Gasteiger partial charge on any atom is -0.484 e. The fourth-order valence-electron chi connectivity index (χ4n) is 2.35. The summed E-state index contributed by atoms with van der Waals surface area (Å²) in [5.74, 6) is 0.575. The van der Waals surface area contributed by atoms with Crippen LogP contribution in [0.4, 0.5) is 0 Å². The molecular formula is C18H17N3O2. The Hall–Kier alpha value is -2.87. The highest BCUT2D eigenvalue weighted by atomic mass is 16.5. The van der Waals surface area contributed by atoms with Gasteiger partial charge in [-0.05, 0) is 54.8 Å². The lowest BCUT2D eigenvalue weighted by Crippen LogP contribution is -2.36. The number of carbonyl (C=O) groups is 1. The van der Waals surface area contributed by atoms with Crippen molar-refractivity contribution in [1.29, 1.82) is 5.26 Å². The van der Waals surface area contributed by atoms with Crippen LogP contribution in [-0.4, -0.2) is 28.4 Å². The fourth-order valence-corrected chi connectivity index (χ4v) is 2.35. The number of nitrogens with zero attached hydrogens (tertiary/aromatic N) is 3. The highest BCUT2D eigenvalue weighted by Gasteiger charge is 2.32. The van der Waals surface area contributed by atoms with Crippen molar-refractivity contribution in [2.75, 3.05) is 6.61 Å². The molecule has 1 amide bonds. The Bertz CT molecular complexity index is 703. The van der Waals surface area contributed by atoms with Crippen LogP contribution in [0, 0.1) is 11.3 Å². The average Bonchev–Trinajstić information content (AvgIpc) is 3.44. The monoisotopic (exact) mass is 307 g/mol. The Morgan fingerprint density at radius 1 is 1.22 bits per heavy atom. The lowest BCUT2D eigenvalue weighted by molar-refractivity contribution is -0.134. The van der Waals surface area contributed by atoms with Crippen LogP contribution in [0.1, 0.15) is 24.0 Å². The number of ether oxygens (including phenoxy) is 1. The SMILES string of the molecule is N#Cc1ccc(OCC(=O)N(Cc2ccncc2)C2CC2)cc1. The molecule has 1 aromatic carbocycles. The molecule has 0 bridgehead atoms. The molecule has 116 valence electrons. The van der Waals surface area contributed by atoms with E-state index in [0.717, 1.165) is 18.4 Å². The summed E-state index contributed by atoms with van der Waals surface area (Å²) < 4.78 is 5.55. The van der Waals surface area contributed by atoms with Crippen LogP contribution in [0.5, 0.6) is 5.75 Å². The zero-order chi connectivity index (χ0) is 16.1. The van der Waals surface area contributed by atoms with Gasteiger partial charge in [0, 0.05) is 25.0 Å². The molecule has 0 unspecified atom stereocenters. The number of rotatable bonds is 6. The number of aromatic nitrogens is 1. The molecule has 0 atom stereocenters. The molecule has 1 aliphatic rings. The van der Waals surface area contributed by atoms with E-state index in [9.17, 15) is 4.79 Å². The lowest BCUT2D eigenvalue weighted by atomic mass is 10.2. The predicted octanol–water partition coefficient (Wildman–Crippen LogP) is 2.52. The normalized spacial score (nSPS) is 13.2. The van der Waals surface area contributed by atoms with E-state index in [1.165, 1.54) is 0 Å². The Morgan fingerprint density at radius 3 is 2.52 bits per heavy atom. The molecule has 0 saturated heterocycles. The van der Waals surface area contributed by atoms with E-state index in [0.29, 0.717) is 23.9 Å². The van der Waals surface area contributed by atoms with Gasteiger partial charge in [0.25, 0.3) is 5.91 Å². The molecule has 1 saturated carbocycles. The molecule has 23 heavy (non-hydrogen) atoms. The molecule has 5 nitrogen and oxygen atoms in total. The van der Waals surface area contributed by atoms with Crippen molar-refractivity contribution >= 4 is 5.91 Å². The van der Waals surface area contributed by atoms with Crippen molar-refractivity contribution in [2.45, 2.75) is 25.4 Å². The van der Waals surface area contributed by atoms with Crippen LogP contribution >= 0.6 is 0 Å². The summed E-state index contributed by atoms with van der Waals surface area (Å²) in [7, 11) is 0. The smallest absolute Gasteiger partial charge is 0.261 e. The first-order valence-electron chi connectivity index (χ1n) is 7.57. The third kappa shape index (κ3) is 4.07. The zero-order valence-corrected chi connectivity index (χ0v) is 12.7. The third-order valence-corrected chi connectivity index (χ3v) is 3.76. The fraction of sp³-hybridized carbons (Fsp3) is 0.278. The van der Waals surface area contributed by atoms with E-state index in [1.807, 2.05) is 17.0 Å². The quantitative estimate of drug-likeness (QED) is 0.822. The van der Waals surface area contributed by atoms with Crippen molar-refractivity contribution in [3.05, 3.63) is 59.9 Å². The van der Waals surface area contributed by atoms with Crippen LogP contribution < -0.4 is 4.74 Å². The maximum atomic E-state index is 12.5. The van der Waals surface area contributed by atoms with E-state index in [4.69, 9.17) is 10.00 Å². The van der Waals surface area contributed by atoms with Crippen molar-refractivity contribution in [2.24, 2.45) is 0 Å². The van der Waals surface area contributed by atoms with Gasteiger partial charge in [0.2, 0.25) is 0 Å². The molecule has 0 radical (unpaired) electrons. The van der Waals surface area contributed by atoms with Crippen molar-refractivity contribution in [3.63, 3.8) is 0 Å². The maximum absolute atomic E-state index is 12.5. The molecular weight excluding hydrogens is 290 g/mol. The van der Waals surface area contributed by atoms with Gasteiger partial charge >= 0.3 is 0 Å². The van der Waals surface area contributed by atoms with Gasteiger partial charge in [0.05, 0.1) is 11.6 Å². The predicted molar refractivity (Wildman–Crippen MR) is 84.5 cm³/mol. The van der Waals surface area contributed by atoms with Crippen LogP contribution in [0.25, 0.3) is 0 Å². The summed E-state index contributed by atoms with van der Waals surface area (Å²) in [6, 6.07) is 13.0. The van der Waals surface area contributed by atoms with Gasteiger partial charge in [-0.25, -0.2) is 0 Å². The zero-order valence-electron chi connectivity index (χ0n) is 12.7. The number of pyridine rings is 1. The minimum absolute atomic E-state index is 0.00742. The van der Waals surface area contributed by atoms with Crippen LogP contribution in [0.15, 0.2) is 48.8 Å². The number of carbonyl (C=O) groups excluding carboxylic acids is 1. The summed E-state index contributed by atoms with van der Waals surface area (Å²) in [5.41, 5.74) is 1.64. The molecule has 1 heterocycles. The first-order chi connectivity index (χ1) is 11.3. The molecule has 1 aliphatic carbocycles. The topological polar surface area (TPSA) is 66.2 Å². The molecule has 1 fully saturated rings. The van der Waals surface area contributed by atoms with E-state index in [-0.39, 0.29) is 12.5 Å². The summed E-state index contributed by atoms with van der Waals surface area (Å²) in [6.45, 7) is 0.593. The van der Waals surface area contributed by atoms with Gasteiger partial charge in [-0.15, -0.1) is 0 Å². The lowest BCUT2D eigenvalue weighted by Gasteiger charge is -2.22. The Balaban J connectivity index is 1.59. The average molecular weight is 307 g/mol. The Labute approximate surface area is 135 Å². The Morgan fingerprint density at radius 2 is 1.91 bits per heavy atom. The van der Waals surface area contributed by atoms with Crippen molar-refractivity contribution < 1.29 is 9.53 Å². The standard InChI is InChI=1S/C18H17N3O2/c19-11-14-1-5-17(6-2-14)23-13-18(22)21(16-3-4-16)12-15-7-9-20-10-8-15/h1-2,5-10,16H,3-4,12-13H2. The number of benzene rings is 1. The first-order valence-corrected chi connectivity index (χ1v) is 7.57. The van der Waals surface area contributed by atoms with E-state index in [2.05, 4.69) is 11.1 Å². The number of amides is 1. The third-order valence-electron chi connectivity index (χ3n) is 3.76. The molecule has 2 aromatic rings. The molecule has 1 aromatic heterocycles. The van der Waals surface area contributed by atoms with Gasteiger partial charge < -0.3 is 9.64 Å². The van der Waals surface area contributed by atoms with Crippen molar-refractivity contribution in [1.82, 2.24) is 9.88 Å². The number of hydrogen-bond donors (Lipinski definition) is 0. The van der Waals surface area contributed by atoms with E-state index >= 15 is 0 Å². The van der Waals surface area contributed by atoms with Gasteiger partial charge in [0.15, 0.2) is 6.61 Å². The molecule has 5 heteroatoms. The van der Waals surface area contributed by atoms with Gasteiger partial charge in [-0.3, -0.25) is 9.78 Å². The number of hydrogen-bond acceptors (Lipinski definition) is 4. The van der Waals surface area contributed by atoms with Crippen LogP contribution in [0.2, 0.25) is 0 Å². The summed E-state index contributed by atoms with van der Waals surface area (Å²) in [5, 5.41) is 8.77. The largest absolute Gasteiger partial charge is 0.484 e. The molecule has 3 rings (SSSR count). The van der Waals surface area contributed by atoms with Gasteiger partial charge in [-0.1, -0.05) is 0 Å². The van der Waals surface area contributed by atoms with Crippen LogP contribution in [0.3, 0.4) is 0 Å². The summed E-state index contributed by atoms with van der Waals surface area (Å²) in [4.78, 5) is 18.3. The van der Waals surface area contributed by atoms with Gasteiger partial charge in [-0.2, -0.15) is 5.26 Å². The summed E-state index contributed by atoms with van der Waals surface area (Å²) >= 11 is 0. The summed E-state index contributed by atoms with van der Waals surface area (Å²) in [6.07, 6.45) is 5.57. The molecule has 0 N–H and O–H groups in total. The van der Waals surface area contributed by atoms with Crippen molar-refractivity contribution in [3.8, 4) is 11.8 Å². The number of nitriles is 1. The molecule has 0 spiro atoms. The second-order valence-electron chi connectivity index (χ2n) is 5.53. The second kappa shape index (κ2) is 6.93. The van der Waals surface area contributed by atoms with Gasteiger partial charge in [0.1, 0.15) is 5.75 Å². The second-order valence-corrected chi connectivity index (χ2v) is 5.53. The first kappa shape index (κ1) is 15.0. The minimum atomic E-state index is -0.0197. The van der Waals surface area contributed by atoms with E-state index in [1.54, 1.807) is 36.7 Å². The Kier molecular flexibility index (Phi) is 4.53. The maximum Gasteiger partial charge on any atom is 0.261 e. The van der Waals surface area contributed by atoms with E-state index < -0.39 is 0 Å².